The molecular weight excluding hydrogens is 357 g/mol. The van der Waals surface area contributed by atoms with E-state index in [4.69, 9.17) is 5.73 Å². The Labute approximate surface area is 144 Å². The van der Waals surface area contributed by atoms with Gasteiger partial charge in [0.15, 0.2) is 0 Å². The molecule has 0 unspecified atom stereocenters. The van der Waals surface area contributed by atoms with Crippen LogP contribution >= 0.6 is 11.3 Å². The number of carbonyl (C=O) groups is 2. The van der Waals surface area contributed by atoms with E-state index in [-0.39, 0.29) is 29.3 Å². The number of nitrogens with zero attached hydrogens (tertiary/aromatic N) is 1. The van der Waals surface area contributed by atoms with Crippen LogP contribution in [0.15, 0.2) is 24.3 Å². The van der Waals surface area contributed by atoms with Gasteiger partial charge in [0, 0.05) is 22.5 Å². The fraction of sp³-hybridized carbons (Fsp3) is 0.250. The summed E-state index contributed by atoms with van der Waals surface area (Å²) >= 11 is 1.03. The number of thiophene rings is 1. The Morgan fingerprint density at radius 1 is 1.20 bits per heavy atom. The number of rotatable bonds is 2. The predicted octanol–water partition coefficient (Wildman–Crippen LogP) is 2.77. The first-order valence-electron chi connectivity index (χ1n) is 7.28. The number of fused-ring (bicyclic) bond motifs is 1. The zero-order valence-corrected chi connectivity index (χ0v) is 13.6. The van der Waals surface area contributed by atoms with Crippen LogP contribution in [0.4, 0.5) is 13.2 Å². The summed E-state index contributed by atoms with van der Waals surface area (Å²) in [7, 11) is 0. The van der Waals surface area contributed by atoms with Gasteiger partial charge in [-0.25, -0.2) is 0 Å². The van der Waals surface area contributed by atoms with Crippen LogP contribution in [0.5, 0.6) is 5.75 Å². The van der Waals surface area contributed by atoms with Crippen LogP contribution in [0.3, 0.4) is 0 Å². The Bertz CT molecular complexity index is 844. The molecule has 1 aromatic heterocycles. The number of carbonyl (C=O) groups excluding carboxylic acids is 2. The van der Waals surface area contributed by atoms with Crippen molar-refractivity contribution < 1.29 is 27.9 Å². The van der Waals surface area contributed by atoms with Gasteiger partial charge in [-0.2, -0.15) is 13.2 Å². The van der Waals surface area contributed by atoms with Gasteiger partial charge >= 0.3 is 6.18 Å². The highest BCUT2D eigenvalue weighted by atomic mass is 32.1. The van der Waals surface area contributed by atoms with E-state index in [2.05, 4.69) is 0 Å². The molecule has 0 fully saturated rings. The SMILES string of the molecule is NC(=O)c1sc2c(c1O)CCN(C(=O)c1ccc(C(F)(F)F)cc1)C2. The lowest BCUT2D eigenvalue weighted by Crippen LogP contribution is -2.35. The molecule has 0 aliphatic carbocycles. The summed E-state index contributed by atoms with van der Waals surface area (Å²) in [4.78, 5) is 25.9. The lowest BCUT2D eigenvalue weighted by molar-refractivity contribution is -0.137. The first-order chi connectivity index (χ1) is 11.7. The van der Waals surface area contributed by atoms with Crippen LogP contribution in [0.25, 0.3) is 0 Å². The Balaban J connectivity index is 1.81. The number of halogens is 3. The summed E-state index contributed by atoms with van der Waals surface area (Å²) in [5.41, 5.74) is 5.12. The van der Waals surface area contributed by atoms with E-state index in [1.54, 1.807) is 0 Å². The van der Waals surface area contributed by atoms with Crippen LogP contribution < -0.4 is 5.73 Å². The molecular formula is C16H13F3N2O3S. The van der Waals surface area contributed by atoms with Crippen LogP contribution in [0, 0.1) is 0 Å². The number of alkyl halides is 3. The van der Waals surface area contributed by atoms with Crippen LogP contribution in [0.1, 0.15) is 36.0 Å². The second kappa shape index (κ2) is 6.07. The third-order valence-electron chi connectivity index (χ3n) is 4.00. The van der Waals surface area contributed by atoms with Crippen molar-refractivity contribution in [2.45, 2.75) is 19.1 Å². The summed E-state index contributed by atoms with van der Waals surface area (Å²) in [6, 6.07) is 4.01. The minimum atomic E-state index is -4.46. The molecule has 2 aromatic rings. The second-order valence-electron chi connectivity index (χ2n) is 5.60. The summed E-state index contributed by atoms with van der Waals surface area (Å²) in [5, 5.41) is 9.99. The summed E-state index contributed by atoms with van der Waals surface area (Å²) in [6.07, 6.45) is -4.11. The van der Waals surface area contributed by atoms with Crippen LogP contribution in [-0.2, 0) is 19.1 Å². The lowest BCUT2D eigenvalue weighted by Gasteiger charge is -2.27. The van der Waals surface area contributed by atoms with E-state index >= 15 is 0 Å². The maximum Gasteiger partial charge on any atom is 0.416 e. The molecule has 0 saturated heterocycles. The van der Waals surface area contributed by atoms with Crippen molar-refractivity contribution in [3.8, 4) is 5.75 Å². The number of benzene rings is 1. The molecule has 3 rings (SSSR count). The van der Waals surface area contributed by atoms with E-state index in [1.165, 1.54) is 4.90 Å². The summed E-state index contributed by atoms with van der Waals surface area (Å²) < 4.78 is 37.8. The van der Waals surface area contributed by atoms with Crippen molar-refractivity contribution in [1.82, 2.24) is 4.90 Å². The molecule has 9 heteroatoms. The van der Waals surface area contributed by atoms with Gasteiger partial charge in [-0.05, 0) is 30.7 Å². The van der Waals surface area contributed by atoms with Gasteiger partial charge in [0.25, 0.3) is 11.8 Å². The van der Waals surface area contributed by atoms with E-state index < -0.39 is 23.6 Å². The largest absolute Gasteiger partial charge is 0.506 e. The van der Waals surface area contributed by atoms with E-state index in [9.17, 15) is 27.9 Å². The van der Waals surface area contributed by atoms with Gasteiger partial charge in [-0.3, -0.25) is 9.59 Å². The van der Waals surface area contributed by atoms with E-state index in [0.717, 1.165) is 35.6 Å². The molecule has 0 saturated carbocycles. The predicted molar refractivity (Wildman–Crippen MR) is 84.4 cm³/mol. The molecule has 132 valence electrons. The molecule has 1 aliphatic heterocycles. The van der Waals surface area contributed by atoms with Gasteiger partial charge < -0.3 is 15.7 Å². The van der Waals surface area contributed by atoms with Gasteiger partial charge in [-0.15, -0.1) is 11.3 Å². The molecule has 0 spiro atoms. The molecule has 3 N–H and O–H groups in total. The fourth-order valence-corrected chi connectivity index (χ4v) is 3.82. The van der Waals surface area contributed by atoms with Crippen molar-refractivity contribution in [3.05, 3.63) is 50.7 Å². The highest BCUT2D eigenvalue weighted by Crippen LogP contribution is 2.38. The van der Waals surface area contributed by atoms with Gasteiger partial charge in [0.2, 0.25) is 0 Å². The molecule has 2 heterocycles. The molecule has 0 bridgehead atoms. The minimum absolute atomic E-state index is 0.0498. The average Bonchev–Trinajstić information content (AvgIpc) is 2.90. The highest BCUT2D eigenvalue weighted by Gasteiger charge is 2.31. The van der Waals surface area contributed by atoms with E-state index in [1.807, 2.05) is 0 Å². The third-order valence-corrected chi connectivity index (χ3v) is 5.22. The summed E-state index contributed by atoms with van der Waals surface area (Å²) in [6.45, 7) is 0.454. The monoisotopic (exact) mass is 370 g/mol. The Hall–Kier alpha value is -2.55. The molecule has 25 heavy (non-hydrogen) atoms. The Morgan fingerprint density at radius 3 is 2.40 bits per heavy atom. The third kappa shape index (κ3) is 3.19. The molecule has 2 amide bonds. The lowest BCUT2D eigenvalue weighted by atomic mass is 10.0. The Kier molecular flexibility index (Phi) is 4.19. The number of aromatic hydroxyl groups is 1. The molecule has 0 radical (unpaired) electrons. The highest BCUT2D eigenvalue weighted by molar-refractivity contribution is 7.14. The first kappa shape index (κ1) is 17.3. The summed E-state index contributed by atoms with van der Waals surface area (Å²) in [5.74, 6) is -1.29. The number of hydrogen-bond donors (Lipinski definition) is 2. The van der Waals surface area contributed by atoms with Gasteiger partial charge in [-0.1, -0.05) is 0 Å². The van der Waals surface area contributed by atoms with Crippen molar-refractivity contribution in [2.24, 2.45) is 5.73 Å². The zero-order valence-electron chi connectivity index (χ0n) is 12.8. The smallest absolute Gasteiger partial charge is 0.416 e. The second-order valence-corrected chi connectivity index (χ2v) is 6.70. The van der Waals surface area contributed by atoms with Gasteiger partial charge in [0.1, 0.15) is 10.6 Å². The topological polar surface area (TPSA) is 83.6 Å². The number of hydrogen-bond acceptors (Lipinski definition) is 4. The van der Waals surface area contributed by atoms with Crippen molar-refractivity contribution in [3.63, 3.8) is 0 Å². The maximum absolute atomic E-state index is 12.6. The van der Waals surface area contributed by atoms with Crippen LogP contribution in [0.2, 0.25) is 0 Å². The number of nitrogens with two attached hydrogens (primary N) is 1. The Morgan fingerprint density at radius 2 is 1.84 bits per heavy atom. The van der Waals surface area contributed by atoms with Crippen molar-refractivity contribution >= 4 is 23.2 Å². The standard InChI is InChI=1S/C16H13F3N2O3S/c17-16(18,19)9-3-1-8(2-4-9)15(24)21-6-5-10-11(7-21)25-13(12(10)22)14(20)23/h1-4,22H,5-7H2,(H2,20,23). The van der Waals surface area contributed by atoms with Crippen LogP contribution in [-0.4, -0.2) is 28.4 Å². The quantitative estimate of drug-likeness (QED) is 0.853. The first-order valence-corrected chi connectivity index (χ1v) is 8.10. The maximum atomic E-state index is 12.6. The zero-order chi connectivity index (χ0) is 18.4. The normalized spacial score (nSPS) is 14.3. The number of primary amides is 1. The molecule has 5 nitrogen and oxygen atoms in total. The molecule has 1 aromatic carbocycles. The average molecular weight is 370 g/mol. The molecule has 0 atom stereocenters. The van der Waals surface area contributed by atoms with Crippen molar-refractivity contribution in [2.75, 3.05) is 6.54 Å². The van der Waals surface area contributed by atoms with Gasteiger partial charge in [0.05, 0.1) is 12.1 Å². The van der Waals surface area contributed by atoms with E-state index in [0.29, 0.717) is 16.9 Å². The number of amides is 2. The minimum Gasteiger partial charge on any atom is -0.506 e. The fourth-order valence-electron chi connectivity index (χ4n) is 2.71. The van der Waals surface area contributed by atoms with Crippen molar-refractivity contribution in [1.29, 1.82) is 0 Å². The molecule has 1 aliphatic rings.